The molecule has 1 aromatic heterocycles. The number of nitrogens with one attached hydrogen (secondary N) is 1. The van der Waals surface area contributed by atoms with Gasteiger partial charge in [0, 0.05) is 33.4 Å². The number of carbonyl (C=O) groups is 4. The summed E-state index contributed by atoms with van der Waals surface area (Å²) < 4.78 is 31.8. The van der Waals surface area contributed by atoms with Gasteiger partial charge in [-0.3, -0.25) is 23.7 Å². The maximum absolute atomic E-state index is 12.4. The third kappa shape index (κ3) is 7.84. The number of ether oxygens (including phenoxy) is 5. The Labute approximate surface area is 252 Å². The molecule has 1 amide bonds. The van der Waals surface area contributed by atoms with Crippen molar-refractivity contribution in [3.05, 3.63) is 71.3 Å². The second-order valence-corrected chi connectivity index (χ2v) is 10.0. The molecule has 0 saturated carbocycles. The summed E-state index contributed by atoms with van der Waals surface area (Å²) in [6, 6.07) is 17.2. The lowest BCUT2D eigenvalue weighted by molar-refractivity contribution is -0.239. The fourth-order valence-corrected chi connectivity index (χ4v) is 5.06. The Balaban J connectivity index is 1.85. The predicted molar refractivity (Wildman–Crippen MR) is 152 cm³/mol. The van der Waals surface area contributed by atoms with Crippen LogP contribution in [0.3, 0.4) is 0 Å². The van der Waals surface area contributed by atoms with Gasteiger partial charge in [-0.25, -0.2) is 4.68 Å². The van der Waals surface area contributed by atoms with E-state index in [-0.39, 0.29) is 18.0 Å². The van der Waals surface area contributed by atoms with Gasteiger partial charge in [0.05, 0.1) is 0 Å². The fraction of sp³-hybridized carbons (Fsp3) is 0.379. The molecule has 4 rings (SSSR count). The number of amides is 1. The third-order valence-electron chi connectivity index (χ3n) is 6.33. The second-order valence-electron chi connectivity index (χ2n) is 9.66. The number of para-hydroxylation sites is 2. The van der Waals surface area contributed by atoms with Crippen molar-refractivity contribution >= 4 is 36.0 Å². The highest BCUT2D eigenvalue weighted by Crippen LogP contribution is 2.33. The monoisotopic (exact) mass is 612 g/mol. The molecule has 0 aliphatic carbocycles. The zero-order valence-electron chi connectivity index (χ0n) is 24.0. The number of carbonyl (C=O) groups excluding carboxylic acids is 4. The molecule has 2 heterocycles. The van der Waals surface area contributed by atoms with E-state index in [4.69, 9.17) is 41.0 Å². The molecule has 0 bridgehead atoms. The highest BCUT2D eigenvalue weighted by Gasteiger charge is 2.52. The zero-order chi connectivity index (χ0) is 31.1. The average Bonchev–Trinajstić information content (AvgIpc) is 3.28. The van der Waals surface area contributed by atoms with E-state index >= 15 is 0 Å². The van der Waals surface area contributed by atoms with Crippen LogP contribution in [0.4, 0.5) is 0 Å². The maximum Gasteiger partial charge on any atom is 0.303 e. The van der Waals surface area contributed by atoms with E-state index in [1.165, 1.54) is 32.4 Å². The molecule has 3 aromatic rings. The minimum Gasteiger partial charge on any atom is -0.486 e. The summed E-state index contributed by atoms with van der Waals surface area (Å²) in [5, 5.41) is 7.47. The van der Waals surface area contributed by atoms with E-state index in [9.17, 15) is 19.2 Å². The minimum atomic E-state index is -1.27. The number of esters is 3. The lowest BCUT2D eigenvalue weighted by Gasteiger charge is -2.45. The number of aromatic nitrogens is 3. The van der Waals surface area contributed by atoms with Crippen LogP contribution in [0.2, 0.25) is 0 Å². The lowest BCUT2D eigenvalue weighted by atomic mass is 9.95. The van der Waals surface area contributed by atoms with Gasteiger partial charge in [0.15, 0.2) is 24.3 Å². The molecular formula is C29H32N4O9S. The van der Waals surface area contributed by atoms with Gasteiger partial charge >= 0.3 is 17.9 Å². The van der Waals surface area contributed by atoms with Crippen LogP contribution in [-0.2, 0) is 44.7 Å². The van der Waals surface area contributed by atoms with E-state index in [1.807, 2.05) is 48.5 Å². The maximum atomic E-state index is 12.4. The number of rotatable bonds is 10. The summed E-state index contributed by atoms with van der Waals surface area (Å²) in [5.74, 6) is -1.51. The van der Waals surface area contributed by atoms with Crippen molar-refractivity contribution in [2.24, 2.45) is 0 Å². The van der Waals surface area contributed by atoms with Gasteiger partial charge in [0.1, 0.15) is 31.1 Å². The van der Waals surface area contributed by atoms with Gasteiger partial charge in [-0.05, 0) is 36.5 Å². The first-order valence-electron chi connectivity index (χ1n) is 13.4. The standard InChI is InChI=1S/C29H32N4O9S/c1-17(34)30-25-27(41-20(4)37)26(40-19(3)36)23(15-38-18(2)35)42-28(25)33-29(43)32(21-11-7-5-8-12-21)24(31-33)16-39-22-13-9-6-10-14-22/h5-14,23,25-28H,15-16H2,1-4H3,(H,30,34). The van der Waals surface area contributed by atoms with Gasteiger partial charge in [0.2, 0.25) is 10.7 Å². The van der Waals surface area contributed by atoms with Crippen LogP contribution in [0.25, 0.3) is 5.69 Å². The Kier molecular flexibility index (Phi) is 10.3. The van der Waals surface area contributed by atoms with Gasteiger partial charge in [-0.2, -0.15) is 5.10 Å². The van der Waals surface area contributed by atoms with E-state index < -0.39 is 54.4 Å². The molecule has 43 heavy (non-hydrogen) atoms. The summed E-state index contributed by atoms with van der Waals surface area (Å²) in [4.78, 5) is 48.5. The van der Waals surface area contributed by atoms with E-state index in [0.29, 0.717) is 17.3 Å². The first-order valence-corrected chi connectivity index (χ1v) is 13.8. The molecular weight excluding hydrogens is 580 g/mol. The quantitative estimate of drug-likeness (QED) is 0.205. The first-order chi connectivity index (χ1) is 20.5. The van der Waals surface area contributed by atoms with E-state index in [1.54, 1.807) is 16.7 Å². The van der Waals surface area contributed by atoms with Crippen LogP contribution in [0, 0.1) is 4.77 Å². The Bertz CT molecular complexity index is 1510. The summed E-state index contributed by atoms with van der Waals surface area (Å²) >= 11 is 5.88. The molecule has 1 N–H and O–H groups in total. The van der Waals surface area contributed by atoms with Gasteiger partial charge < -0.3 is 29.0 Å². The van der Waals surface area contributed by atoms with Crippen molar-refractivity contribution in [2.45, 2.75) is 64.9 Å². The molecule has 13 nitrogen and oxygen atoms in total. The van der Waals surface area contributed by atoms with Crippen LogP contribution < -0.4 is 10.1 Å². The molecule has 0 spiro atoms. The molecule has 1 aliphatic rings. The second kappa shape index (κ2) is 14.1. The van der Waals surface area contributed by atoms with Crippen LogP contribution >= 0.6 is 12.2 Å². The molecule has 2 aromatic carbocycles. The first kappa shape index (κ1) is 31.4. The zero-order valence-corrected chi connectivity index (χ0v) is 24.8. The van der Waals surface area contributed by atoms with Crippen LogP contribution in [-0.4, -0.2) is 69.1 Å². The number of benzene rings is 2. The van der Waals surface area contributed by atoms with Crippen molar-refractivity contribution in [2.75, 3.05) is 6.61 Å². The molecule has 5 unspecified atom stereocenters. The number of hydrogen-bond donors (Lipinski definition) is 1. The van der Waals surface area contributed by atoms with Crippen LogP contribution in [0.5, 0.6) is 5.75 Å². The van der Waals surface area contributed by atoms with Gasteiger partial charge in [0.25, 0.3) is 0 Å². The Morgan fingerprint density at radius 3 is 2.07 bits per heavy atom. The number of hydrogen-bond acceptors (Lipinski definition) is 11. The van der Waals surface area contributed by atoms with Crippen molar-refractivity contribution in [1.82, 2.24) is 19.7 Å². The molecule has 14 heteroatoms. The Hall–Kier alpha value is -4.56. The third-order valence-corrected chi connectivity index (χ3v) is 6.70. The molecule has 1 aliphatic heterocycles. The average molecular weight is 613 g/mol. The molecule has 1 saturated heterocycles. The van der Waals surface area contributed by atoms with Crippen LogP contribution in [0.15, 0.2) is 60.7 Å². The smallest absolute Gasteiger partial charge is 0.303 e. The molecule has 1 fully saturated rings. The molecule has 5 atom stereocenters. The summed E-state index contributed by atoms with van der Waals surface area (Å²) in [7, 11) is 0. The topological polar surface area (TPSA) is 149 Å². The normalized spacial score (nSPS) is 21.3. The van der Waals surface area contributed by atoms with Gasteiger partial charge in [-0.15, -0.1) is 0 Å². The van der Waals surface area contributed by atoms with Crippen molar-refractivity contribution in [3.63, 3.8) is 0 Å². The van der Waals surface area contributed by atoms with E-state index in [0.717, 1.165) is 0 Å². The van der Waals surface area contributed by atoms with E-state index in [2.05, 4.69) is 5.32 Å². The van der Waals surface area contributed by atoms with Crippen molar-refractivity contribution in [1.29, 1.82) is 0 Å². The highest BCUT2D eigenvalue weighted by atomic mass is 32.1. The minimum absolute atomic E-state index is 0.00734. The SMILES string of the molecule is CC(=O)NC1C(OC(C)=O)C(OC(C)=O)C(COC(C)=O)OC1n1nc(COc2ccccc2)n(-c2ccccc2)c1=S. The van der Waals surface area contributed by atoms with Gasteiger partial charge in [-0.1, -0.05) is 36.4 Å². The summed E-state index contributed by atoms with van der Waals surface area (Å²) in [6.07, 6.45) is -4.84. The highest BCUT2D eigenvalue weighted by molar-refractivity contribution is 7.71. The summed E-state index contributed by atoms with van der Waals surface area (Å²) in [6.45, 7) is 4.48. The molecule has 0 radical (unpaired) electrons. The molecule has 228 valence electrons. The number of nitrogens with zero attached hydrogens (tertiary/aromatic N) is 3. The largest absolute Gasteiger partial charge is 0.486 e. The predicted octanol–water partition coefficient (Wildman–Crippen LogP) is 2.81. The lowest BCUT2D eigenvalue weighted by Crippen LogP contribution is -2.64. The van der Waals surface area contributed by atoms with Crippen molar-refractivity contribution in [3.8, 4) is 11.4 Å². The fourth-order valence-electron chi connectivity index (χ4n) is 4.70. The summed E-state index contributed by atoms with van der Waals surface area (Å²) in [5.41, 5.74) is 0.683. The van der Waals surface area contributed by atoms with Crippen LogP contribution in [0.1, 0.15) is 39.7 Å². The Morgan fingerprint density at radius 1 is 0.884 bits per heavy atom. The Morgan fingerprint density at radius 2 is 1.49 bits per heavy atom. The van der Waals surface area contributed by atoms with Crippen molar-refractivity contribution < 1.29 is 42.9 Å².